The molecule has 1 heterocycles. The maximum absolute atomic E-state index is 13.1. The predicted molar refractivity (Wildman–Crippen MR) is 71.4 cm³/mol. The number of amides is 1. The van der Waals surface area contributed by atoms with E-state index in [-0.39, 0.29) is 23.7 Å². The van der Waals surface area contributed by atoms with E-state index in [1.165, 1.54) is 12.1 Å². The molecule has 3 nitrogen and oxygen atoms in total. The number of likely N-dealkylation sites (tertiary alicyclic amines) is 1. The smallest absolute Gasteiger partial charge is 0.254 e. The number of benzene rings is 1. The molecule has 1 amide bonds. The Labute approximate surface area is 113 Å². The number of halogens is 1. The van der Waals surface area contributed by atoms with E-state index >= 15 is 0 Å². The molecule has 2 unspecified atom stereocenters. The molecule has 0 aromatic heterocycles. The van der Waals surface area contributed by atoms with E-state index in [0.29, 0.717) is 30.6 Å². The second-order valence-corrected chi connectivity index (χ2v) is 5.23. The third kappa shape index (κ3) is 2.95. The van der Waals surface area contributed by atoms with Crippen molar-refractivity contribution in [1.29, 1.82) is 0 Å². The van der Waals surface area contributed by atoms with Crippen LogP contribution in [0.3, 0.4) is 0 Å². The third-order valence-corrected chi connectivity index (χ3v) is 3.92. The van der Waals surface area contributed by atoms with Crippen LogP contribution in [0.2, 0.25) is 0 Å². The van der Waals surface area contributed by atoms with Crippen molar-refractivity contribution in [2.45, 2.75) is 32.8 Å². The minimum Gasteiger partial charge on any atom is -0.393 e. The molecule has 0 aliphatic carbocycles. The molecule has 19 heavy (non-hydrogen) atoms. The zero-order chi connectivity index (χ0) is 14.0. The molecule has 0 spiro atoms. The molecule has 1 saturated heterocycles. The number of rotatable bonds is 2. The molecule has 104 valence electrons. The zero-order valence-corrected chi connectivity index (χ0v) is 11.4. The molecular formula is C15H20FNO2. The summed E-state index contributed by atoms with van der Waals surface area (Å²) in [5, 5.41) is 9.84. The third-order valence-electron chi connectivity index (χ3n) is 3.92. The maximum atomic E-state index is 13.1. The molecule has 1 N–H and O–H groups in total. The Morgan fingerprint density at radius 1 is 1.53 bits per heavy atom. The number of nitrogens with zero attached hydrogens (tertiary/aromatic N) is 1. The predicted octanol–water partition coefficient (Wildman–Crippen LogP) is 2.37. The van der Waals surface area contributed by atoms with Crippen LogP contribution in [0.25, 0.3) is 0 Å². The van der Waals surface area contributed by atoms with Gasteiger partial charge in [-0.3, -0.25) is 4.79 Å². The summed E-state index contributed by atoms with van der Waals surface area (Å²) < 4.78 is 13.1. The van der Waals surface area contributed by atoms with Gasteiger partial charge in [-0.2, -0.15) is 0 Å². The van der Waals surface area contributed by atoms with E-state index in [9.17, 15) is 14.3 Å². The Balaban J connectivity index is 2.15. The highest BCUT2D eigenvalue weighted by Gasteiger charge is 2.29. The Kier molecular flexibility index (Phi) is 4.20. The standard InChI is InChI=1S/C15H20FNO2/c1-3-11-9-17(7-6-14(11)18)15(19)13-5-4-12(16)8-10(13)2/h4-5,8,11,14,18H,3,6-7,9H2,1-2H3. The zero-order valence-electron chi connectivity index (χ0n) is 11.4. The molecule has 2 atom stereocenters. The van der Waals surface area contributed by atoms with Gasteiger partial charge in [-0.05, 0) is 43.5 Å². The van der Waals surface area contributed by atoms with Gasteiger partial charge in [-0.25, -0.2) is 4.39 Å². The number of piperidine rings is 1. The van der Waals surface area contributed by atoms with E-state index in [1.807, 2.05) is 6.92 Å². The van der Waals surface area contributed by atoms with Crippen molar-refractivity contribution < 1.29 is 14.3 Å². The van der Waals surface area contributed by atoms with Crippen molar-refractivity contribution in [3.05, 3.63) is 35.1 Å². The number of aliphatic hydroxyl groups is 1. The second kappa shape index (κ2) is 5.70. The molecule has 1 aliphatic rings. The van der Waals surface area contributed by atoms with E-state index in [4.69, 9.17) is 0 Å². The van der Waals surface area contributed by atoms with E-state index < -0.39 is 0 Å². The fourth-order valence-corrected chi connectivity index (χ4v) is 2.64. The lowest BCUT2D eigenvalue weighted by atomic mass is 9.92. The average molecular weight is 265 g/mol. The molecule has 1 fully saturated rings. The van der Waals surface area contributed by atoms with Crippen LogP contribution in [-0.2, 0) is 0 Å². The lowest BCUT2D eigenvalue weighted by Crippen LogP contribution is -2.45. The van der Waals surface area contributed by atoms with Crippen LogP contribution < -0.4 is 0 Å². The first-order valence-corrected chi connectivity index (χ1v) is 6.76. The van der Waals surface area contributed by atoms with Crippen molar-refractivity contribution in [3.63, 3.8) is 0 Å². The number of carbonyl (C=O) groups is 1. The summed E-state index contributed by atoms with van der Waals surface area (Å²) in [6.45, 7) is 4.90. The van der Waals surface area contributed by atoms with Crippen molar-refractivity contribution >= 4 is 5.91 Å². The monoisotopic (exact) mass is 265 g/mol. The highest BCUT2D eigenvalue weighted by atomic mass is 19.1. The lowest BCUT2D eigenvalue weighted by Gasteiger charge is -2.36. The van der Waals surface area contributed by atoms with E-state index in [2.05, 4.69) is 0 Å². The Morgan fingerprint density at radius 2 is 2.26 bits per heavy atom. The number of aryl methyl sites for hydroxylation is 1. The van der Waals surface area contributed by atoms with Gasteiger partial charge in [0.25, 0.3) is 5.91 Å². The van der Waals surface area contributed by atoms with Crippen LogP contribution in [0.5, 0.6) is 0 Å². The molecule has 0 saturated carbocycles. The first kappa shape index (κ1) is 14.0. The number of carbonyl (C=O) groups excluding carboxylic acids is 1. The lowest BCUT2D eigenvalue weighted by molar-refractivity contribution is 0.0228. The number of aliphatic hydroxyl groups excluding tert-OH is 1. The van der Waals surface area contributed by atoms with Gasteiger partial charge in [0, 0.05) is 24.6 Å². The summed E-state index contributed by atoms with van der Waals surface area (Å²) in [7, 11) is 0. The van der Waals surface area contributed by atoms with Crippen molar-refractivity contribution in [2.75, 3.05) is 13.1 Å². The summed E-state index contributed by atoms with van der Waals surface area (Å²) >= 11 is 0. The number of hydrogen-bond donors (Lipinski definition) is 1. The van der Waals surface area contributed by atoms with Crippen LogP contribution in [-0.4, -0.2) is 35.1 Å². The van der Waals surface area contributed by atoms with E-state index in [0.717, 1.165) is 6.42 Å². The first-order chi connectivity index (χ1) is 9.02. The SMILES string of the molecule is CCC1CN(C(=O)c2ccc(F)cc2C)CCC1O. The highest BCUT2D eigenvalue weighted by Crippen LogP contribution is 2.22. The molecule has 0 bridgehead atoms. The van der Waals surface area contributed by atoms with Gasteiger partial charge in [0.05, 0.1) is 6.10 Å². The minimum absolute atomic E-state index is 0.0668. The minimum atomic E-state index is -0.324. The van der Waals surface area contributed by atoms with Crippen molar-refractivity contribution in [3.8, 4) is 0 Å². The summed E-state index contributed by atoms with van der Waals surface area (Å²) in [4.78, 5) is 14.2. The largest absolute Gasteiger partial charge is 0.393 e. The summed E-state index contributed by atoms with van der Waals surface area (Å²) in [6.07, 6.45) is 1.15. The Morgan fingerprint density at radius 3 is 2.89 bits per heavy atom. The van der Waals surface area contributed by atoms with Crippen molar-refractivity contribution in [2.24, 2.45) is 5.92 Å². The second-order valence-electron chi connectivity index (χ2n) is 5.23. The highest BCUT2D eigenvalue weighted by molar-refractivity contribution is 5.95. The molecule has 4 heteroatoms. The van der Waals surface area contributed by atoms with Crippen LogP contribution >= 0.6 is 0 Å². The maximum Gasteiger partial charge on any atom is 0.254 e. The average Bonchev–Trinajstić information content (AvgIpc) is 2.38. The van der Waals surface area contributed by atoms with E-state index in [1.54, 1.807) is 17.9 Å². The molecule has 2 rings (SSSR count). The van der Waals surface area contributed by atoms with Crippen LogP contribution in [0, 0.1) is 18.7 Å². The Hall–Kier alpha value is -1.42. The van der Waals surface area contributed by atoms with Crippen LogP contribution in [0.4, 0.5) is 4.39 Å². The molecular weight excluding hydrogens is 245 g/mol. The van der Waals surface area contributed by atoms with Crippen LogP contribution in [0.1, 0.15) is 35.7 Å². The molecule has 1 aliphatic heterocycles. The molecule has 0 radical (unpaired) electrons. The van der Waals surface area contributed by atoms with Gasteiger partial charge in [-0.1, -0.05) is 6.92 Å². The number of hydrogen-bond acceptors (Lipinski definition) is 2. The summed E-state index contributed by atoms with van der Waals surface area (Å²) in [5.74, 6) is -0.254. The van der Waals surface area contributed by atoms with Gasteiger partial charge in [0.2, 0.25) is 0 Å². The van der Waals surface area contributed by atoms with Crippen molar-refractivity contribution in [1.82, 2.24) is 4.90 Å². The fraction of sp³-hybridized carbons (Fsp3) is 0.533. The first-order valence-electron chi connectivity index (χ1n) is 6.76. The Bertz CT molecular complexity index is 475. The fourth-order valence-electron chi connectivity index (χ4n) is 2.64. The van der Waals surface area contributed by atoms with Crippen LogP contribution in [0.15, 0.2) is 18.2 Å². The topological polar surface area (TPSA) is 40.5 Å². The van der Waals surface area contributed by atoms with Gasteiger partial charge in [0.15, 0.2) is 0 Å². The summed E-state index contributed by atoms with van der Waals surface area (Å²) in [5.41, 5.74) is 1.21. The molecule has 1 aromatic rings. The normalized spacial score (nSPS) is 23.5. The van der Waals surface area contributed by atoms with Gasteiger partial charge >= 0.3 is 0 Å². The summed E-state index contributed by atoms with van der Waals surface area (Å²) in [6, 6.07) is 4.23. The van der Waals surface area contributed by atoms with Gasteiger partial charge in [-0.15, -0.1) is 0 Å². The van der Waals surface area contributed by atoms with Gasteiger partial charge < -0.3 is 10.0 Å². The quantitative estimate of drug-likeness (QED) is 0.891. The molecule has 1 aromatic carbocycles. The van der Waals surface area contributed by atoms with Gasteiger partial charge in [0.1, 0.15) is 5.82 Å².